The highest BCUT2D eigenvalue weighted by Gasteiger charge is 2.25. The van der Waals surface area contributed by atoms with Crippen LogP contribution in [-0.2, 0) is 4.79 Å². The van der Waals surface area contributed by atoms with Crippen LogP contribution in [-0.4, -0.2) is 41.0 Å². The number of likely N-dealkylation sites (tertiary alicyclic amines) is 1. The van der Waals surface area contributed by atoms with E-state index in [4.69, 9.17) is 28.6 Å². The molecule has 0 aliphatic carbocycles. The molecule has 9 heteroatoms. The standard InChI is InChI=1S/C23H22ClFN4O2S/c1-3-21(30)29-8-6-13(7-9-29)15-11-16-19(12-20(15)31-2)27-23(32)28-22(16)26-14-4-5-18(25)17(24)10-14/h3-5,10-13H,1,6-9H2,2H3,(H2,26,27,28,32). The van der Waals surface area contributed by atoms with E-state index in [2.05, 4.69) is 21.9 Å². The Morgan fingerprint density at radius 1 is 1.38 bits per heavy atom. The van der Waals surface area contributed by atoms with Gasteiger partial charge in [0, 0.05) is 30.2 Å². The Kier molecular flexibility index (Phi) is 6.43. The zero-order valence-electron chi connectivity index (χ0n) is 17.5. The van der Waals surface area contributed by atoms with Crippen LogP contribution in [0.1, 0.15) is 24.3 Å². The Balaban J connectivity index is 1.73. The highest BCUT2D eigenvalue weighted by Crippen LogP contribution is 2.38. The third kappa shape index (κ3) is 4.47. The normalized spacial score (nSPS) is 14.4. The minimum atomic E-state index is -0.492. The van der Waals surface area contributed by atoms with E-state index in [9.17, 15) is 9.18 Å². The third-order valence-corrected chi connectivity index (χ3v) is 6.17. The summed E-state index contributed by atoms with van der Waals surface area (Å²) in [4.78, 5) is 21.3. The second-order valence-electron chi connectivity index (χ2n) is 7.59. The van der Waals surface area contributed by atoms with Gasteiger partial charge in [0.2, 0.25) is 5.91 Å². The molecule has 0 unspecified atom stereocenters. The minimum absolute atomic E-state index is 0.0172. The fourth-order valence-electron chi connectivity index (χ4n) is 4.04. The number of ether oxygens (including phenoxy) is 1. The molecular weight excluding hydrogens is 451 g/mol. The van der Waals surface area contributed by atoms with Crippen LogP contribution in [0.25, 0.3) is 10.9 Å². The van der Waals surface area contributed by atoms with Gasteiger partial charge in [-0.1, -0.05) is 18.2 Å². The van der Waals surface area contributed by atoms with Gasteiger partial charge in [0.1, 0.15) is 17.4 Å². The van der Waals surface area contributed by atoms with Crippen LogP contribution >= 0.6 is 23.8 Å². The smallest absolute Gasteiger partial charge is 0.245 e. The van der Waals surface area contributed by atoms with E-state index in [-0.39, 0.29) is 16.8 Å². The average molecular weight is 473 g/mol. The molecule has 4 rings (SSSR count). The summed E-state index contributed by atoms with van der Waals surface area (Å²) < 4.78 is 19.5. The molecule has 0 saturated carbocycles. The van der Waals surface area contributed by atoms with Crippen LogP contribution in [0.2, 0.25) is 5.02 Å². The summed E-state index contributed by atoms with van der Waals surface area (Å²) in [5.41, 5.74) is 2.40. The Morgan fingerprint density at radius 3 is 2.78 bits per heavy atom. The van der Waals surface area contributed by atoms with Crippen LogP contribution in [0, 0.1) is 10.6 Å². The van der Waals surface area contributed by atoms with Crippen LogP contribution in [0.15, 0.2) is 43.0 Å². The van der Waals surface area contributed by atoms with Crippen molar-refractivity contribution in [1.82, 2.24) is 14.9 Å². The van der Waals surface area contributed by atoms with Gasteiger partial charge in [-0.05, 0) is 66.9 Å². The van der Waals surface area contributed by atoms with E-state index in [1.165, 1.54) is 18.2 Å². The summed E-state index contributed by atoms with van der Waals surface area (Å²) in [5.74, 6) is 0.969. The zero-order chi connectivity index (χ0) is 22.8. The Hall–Kier alpha value is -2.97. The molecule has 2 heterocycles. The first-order chi connectivity index (χ1) is 15.4. The van der Waals surface area contributed by atoms with Gasteiger partial charge in [-0.25, -0.2) is 9.37 Å². The second-order valence-corrected chi connectivity index (χ2v) is 8.38. The molecule has 166 valence electrons. The predicted molar refractivity (Wildman–Crippen MR) is 127 cm³/mol. The number of rotatable bonds is 5. The van der Waals surface area contributed by atoms with E-state index >= 15 is 0 Å². The number of aromatic nitrogens is 2. The Labute approximate surface area is 195 Å². The van der Waals surface area contributed by atoms with Crippen molar-refractivity contribution in [2.45, 2.75) is 18.8 Å². The summed E-state index contributed by atoms with van der Waals surface area (Å²) in [6.07, 6.45) is 2.98. The van der Waals surface area contributed by atoms with Crippen molar-refractivity contribution in [3.8, 4) is 5.75 Å². The monoisotopic (exact) mass is 472 g/mol. The number of hydrogen-bond donors (Lipinski definition) is 2. The number of halogens is 2. The van der Waals surface area contributed by atoms with Crippen molar-refractivity contribution < 1.29 is 13.9 Å². The molecule has 1 aromatic heterocycles. The molecule has 0 spiro atoms. The molecule has 1 saturated heterocycles. The quantitative estimate of drug-likeness (QED) is 0.366. The lowest BCUT2D eigenvalue weighted by molar-refractivity contribution is -0.127. The maximum Gasteiger partial charge on any atom is 0.245 e. The van der Waals surface area contributed by atoms with Crippen molar-refractivity contribution in [2.75, 3.05) is 25.5 Å². The number of hydrogen-bond acceptors (Lipinski definition) is 5. The number of fused-ring (bicyclic) bond motifs is 1. The molecular formula is C23H22ClFN4O2S. The number of carbonyl (C=O) groups is 1. The van der Waals surface area contributed by atoms with Crippen LogP contribution in [0.5, 0.6) is 5.75 Å². The Morgan fingerprint density at radius 2 is 2.12 bits per heavy atom. The zero-order valence-corrected chi connectivity index (χ0v) is 19.0. The molecule has 1 aliphatic rings. The van der Waals surface area contributed by atoms with Gasteiger partial charge in [0.15, 0.2) is 4.77 Å². The highest BCUT2D eigenvalue weighted by atomic mass is 35.5. The number of nitrogens with one attached hydrogen (secondary N) is 2. The van der Waals surface area contributed by atoms with E-state index in [1.807, 2.05) is 12.1 Å². The lowest BCUT2D eigenvalue weighted by atomic mass is 9.88. The van der Waals surface area contributed by atoms with Gasteiger partial charge in [-0.3, -0.25) is 4.79 Å². The molecule has 0 atom stereocenters. The Bertz CT molecular complexity index is 1250. The number of piperidine rings is 1. The fraction of sp³-hybridized carbons (Fsp3) is 0.261. The maximum atomic E-state index is 13.6. The number of anilines is 2. The van der Waals surface area contributed by atoms with Gasteiger partial charge in [-0.2, -0.15) is 0 Å². The van der Waals surface area contributed by atoms with Gasteiger partial charge in [0.25, 0.3) is 0 Å². The fourth-order valence-corrected chi connectivity index (χ4v) is 4.42. The number of nitrogens with zero attached hydrogens (tertiary/aromatic N) is 2. The highest BCUT2D eigenvalue weighted by molar-refractivity contribution is 7.71. The van der Waals surface area contributed by atoms with Crippen molar-refractivity contribution in [3.05, 3.63) is 64.2 Å². The van der Waals surface area contributed by atoms with E-state index in [1.54, 1.807) is 18.1 Å². The molecule has 1 amide bonds. The van der Waals surface area contributed by atoms with Crippen LogP contribution in [0.4, 0.5) is 15.9 Å². The van der Waals surface area contributed by atoms with Crippen molar-refractivity contribution in [3.63, 3.8) is 0 Å². The molecule has 3 aromatic rings. The first-order valence-corrected chi connectivity index (χ1v) is 10.9. The molecule has 0 radical (unpaired) electrons. The second kappa shape index (κ2) is 9.26. The van der Waals surface area contributed by atoms with E-state index in [0.717, 1.165) is 35.1 Å². The van der Waals surface area contributed by atoms with Crippen molar-refractivity contribution in [1.29, 1.82) is 0 Å². The summed E-state index contributed by atoms with van der Waals surface area (Å²) in [6.45, 7) is 4.89. The number of aromatic amines is 1. The molecule has 6 nitrogen and oxygen atoms in total. The number of benzene rings is 2. The molecule has 1 aliphatic heterocycles. The largest absolute Gasteiger partial charge is 0.496 e. The summed E-state index contributed by atoms with van der Waals surface area (Å²) in [6, 6.07) is 8.33. The summed E-state index contributed by atoms with van der Waals surface area (Å²) in [7, 11) is 1.64. The molecule has 2 N–H and O–H groups in total. The molecule has 0 bridgehead atoms. The predicted octanol–water partition coefficient (Wildman–Crippen LogP) is 5.73. The van der Waals surface area contributed by atoms with Gasteiger partial charge < -0.3 is 19.9 Å². The van der Waals surface area contributed by atoms with E-state index < -0.39 is 5.82 Å². The molecule has 1 fully saturated rings. The molecule has 2 aromatic carbocycles. The first-order valence-electron chi connectivity index (χ1n) is 10.1. The van der Waals surface area contributed by atoms with Crippen molar-refractivity contribution in [2.24, 2.45) is 0 Å². The van der Waals surface area contributed by atoms with Gasteiger partial charge in [-0.15, -0.1) is 0 Å². The van der Waals surface area contributed by atoms with Gasteiger partial charge >= 0.3 is 0 Å². The number of methoxy groups -OCH3 is 1. The topological polar surface area (TPSA) is 70.2 Å². The third-order valence-electron chi connectivity index (χ3n) is 5.68. The number of amides is 1. The number of carbonyl (C=O) groups excluding carboxylic acids is 1. The molecule has 32 heavy (non-hydrogen) atoms. The average Bonchev–Trinajstić information content (AvgIpc) is 2.80. The maximum absolute atomic E-state index is 13.6. The minimum Gasteiger partial charge on any atom is -0.496 e. The summed E-state index contributed by atoms with van der Waals surface area (Å²) >= 11 is 11.2. The van der Waals surface area contributed by atoms with E-state index in [0.29, 0.717) is 29.4 Å². The summed E-state index contributed by atoms with van der Waals surface area (Å²) in [5, 5.41) is 4.04. The van der Waals surface area contributed by atoms with Crippen molar-refractivity contribution >= 4 is 52.1 Å². The lowest BCUT2D eigenvalue weighted by Crippen LogP contribution is -2.36. The van der Waals surface area contributed by atoms with Gasteiger partial charge in [0.05, 0.1) is 17.6 Å². The van der Waals surface area contributed by atoms with Crippen LogP contribution in [0.3, 0.4) is 0 Å². The SMILES string of the molecule is C=CC(=O)N1CCC(c2cc3c(Nc4ccc(F)c(Cl)c4)nc(=S)[nH]c3cc2OC)CC1. The first kappa shape index (κ1) is 22.2. The number of H-pyrrole nitrogens is 1. The van der Waals surface area contributed by atoms with Crippen LogP contribution < -0.4 is 10.1 Å². The lowest BCUT2D eigenvalue weighted by Gasteiger charge is -2.32.